The Morgan fingerprint density at radius 2 is 2.00 bits per heavy atom. The van der Waals surface area contributed by atoms with Gasteiger partial charge in [-0.05, 0) is 31.2 Å². The van der Waals surface area contributed by atoms with Gasteiger partial charge in [-0.3, -0.25) is 4.98 Å². The number of nitrogens with one attached hydrogen (secondary N) is 2. The van der Waals surface area contributed by atoms with E-state index in [1.807, 2.05) is 6.07 Å². The van der Waals surface area contributed by atoms with Crippen molar-refractivity contribution in [2.45, 2.75) is 13.0 Å². The van der Waals surface area contributed by atoms with Crippen LogP contribution in [0.5, 0.6) is 0 Å². The second kappa shape index (κ2) is 8.21. The van der Waals surface area contributed by atoms with Gasteiger partial charge in [0.2, 0.25) is 5.95 Å². The quantitative estimate of drug-likeness (QED) is 0.617. The van der Waals surface area contributed by atoms with Gasteiger partial charge in [-0.2, -0.15) is 10.2 Å². The Morgan fingerprint density at radius 1 is 1.22 bits per heavy atom. The van der Waals surface area contributed by atoms with Crippen LogP contribution in [-0.4, -0.2) is 32.7 Å². The molecule has 0 amide bonds. The first-order valence-electron chi connectivity index (χ1n) is 8.23. The molecule has 0 fully saturated rings. The minimum atomic E-state index is -0.613. The van der Waals surface area contributed by atoms with Crippen molar-refractivity contribution >= 4 is 17.5 Å². The summed E-state index contributed by atoms with van der Waals surface area (Å²) in [6.07, 6.45) is 3.29. The highest BCUT2D eigenvalue weighted by molar-refractivity contribution is 5.70. The van der Waals surface area contributed by atoms with Crippen LogP contribution >= 0.6 is 0 Å². The number of nitrogens with zero attached hydrogens (tertiary/aromatic N) is 4. The molecule has 3 rings (SSSR count). The average Bonchev–Trinajstić information content (AvgIpc) is 2.68. The minimum Gasteiger partial charge on any atom is -0.394 e. The second-order valence-corrected chi connectivity index (χ2v) is 5.83. The largest absolute Gasteiger partial charge is 0.394 e. The van der Waals surface area contributed by atoms with Crippen LogP contribution in [-0.2, 0) is 0 Å². The predicted octanol–water partition coefficient (Wildman–Crippen LogP) is 3.09. The first kappa shape index (κ1) is 18.2. The molecule has 3 aromatic rings. The van der Waals surface area contributed by atoms with Crippen molar-refractivity contribution in [3.63, 3.8) is 0 Å². The molecule has 136 valence electrons. The van der Waals surface area contributed by atoms with Crippen LogP contribution in [0.25, 0.3) is 11.3 Å². The molecular weight excluding hydrogens is 347 g/mol. The van der Waals surface area contributed by atoms with E-state index in [0.717, 1.165) is 5.56 Å². The molecule has 0 bridgehead atoms. The molecule has 1 aromatic carbocycles. The monoisotopic (exact) mass is 364 g/mol. The summed E-state index contributed by atoms with van der Waals surface area (Å²) in [6, 6.07) is 11.2. The maximum atomic E-state index is 13.9. The molecule has 0 aliphatic rings. The van der Waals surface area contributed by atoms with Crippen LogP contribution < -0.4 is 10.6 Å². The topological polar surface area (TPSA) is 107 Å². The Bertz CT molecular complexity index is 974. The average molecular weight is 364 g/mol. The number of hydrogen-bond acceptors (Lipinski definition) is 7. The minimum absolute atomic E-state index is 0.0892. The van der Waals surface area contributed by atoms with Crippen molar-refractivity contribution in [3.05, 3.63) is 60.2 Å². The molecule has 0 saturated carbocycles. The van der Waals surface area contributed by atoms with Crippen LogP contribution in [0, 0.1) is 17.1 Å². The molecule has 1 atom stereocenters. The fourth-order valence-corrected chi connectivity index (χ4v) is 2.39. The van der Waals surface area contributed by atoms with Crippen LogP contribution in [0.15, 0.2) is 48.8 Å². The number of aliphatic hydroxyl groups excluding tert-OH is 1. The third kappa shape index (κ3) is 4.34. The van der Waals surface area contributed by atoms with Crippen LogP contribution in [0.4, 0.5) is 21.8 Å². The zero-order valence-corrected chi connectivity index (χ0v) is 14.5. The molecule has 2 aromatic heterocycles. The highest BCUT2D eigenvalue weighted by Gasteiger charge is 2.12. The summed E-state index contributed by atoms with van der Waals surface area (Å²) in [5.41, 5.74) is 1.63. The van der Waals surface area contributed by atoms with E-state index in [0.29, 0.717) is 23.1 Å². The first-order chi connectivity index (χ1) is 13.1. The number of rotatable bonds is 6. The van der Waals surface area contributed by atoms with Gasteiger partial charge in [-0.1, -0.05) is 6.07 Å². The maximum Gasteiger partial charge on any atom is 0.225 e. The van der Waals surface area contributed by atoms with Crippen molar-refractivity contribution < 1.29 is 9.50 Å². The van der Waals surface area contributed by atoms with Crippen LogP contribution in [0.2, 0.25) is 0 Å². The number of anilines is 3. The Labute approximate surface area is 155 Å². The van der Waals surface area contributed by atoms with Crippen molar-refractivity contribution in [2.75, 3.05) is 17.2 Å². The molecule has 7 nitrogen and oxygen atoms in total. The van der Waals surface area contributed by atoms with E-state index in [1.165, 1.54) is 12.1 Å². The van der Waals surface area contributed by atoms with Gasteiger partial charge < -0.3 is 15.7 Å². The molecule has 0 saturated heterocycles. The highest BCUT2D eigenvalue weighted by atomic mass is 19.1. The van der Waals surface area contributed by atoms with Gasteiger partial charge in [-0.15, -0.1) is 0 Å². The van der Waals surface area contributed by atoms with E-state index in [9.17, 15) is 14.8 Å². The lowest BCUT2D eigenvalue weighted by Crippen LogP contribution is -2.21. The van der Waals surface area contributed by atoms with Gasteiger partial charge in [0.25, 0.3) is 0 Å². The van der Waals surface area contributed by atoms with Crippen LogP contribution in [0.1, 0.15) is 12.5 Å². The normalized spacial score (nSPS) is 11.5. The van der Waals surface area contributed by atoms with Gasteiger partial charge in [0, 0.05) is 30.1 Å². The maximum absolute atomic E-state index is 13.9. The summed E-state index contributed by atoms with van der Waals surface area (Å²) in [6.45, 7) is 1.70. The molecule has 0 unspecified atom stereocenters. The molecule has 0 spiro atoms. The Hall–Kier alpha value is -3.57. The third-order valence-corrected chi connectivity index (χ3v) is 3.74. The molecule has 27 heavy (non-hydrogen) atoms. The Balaban J connectivity index is 2.03. The SMILES string of the molecule is C[C@@H](CO)Nc1nc(Nc2cccc(F)c2C#N)cc(-c2ccncc2)n1. The van der Waals surface area contributed by atoms with E-state index in [2.05, 4.69) is 25.6 Å². The van der Waals surface area contributed by atoms with E-state index in [-0.39, 0.29) is 18.2 Å². The smallest absolute Gasteiger partial charge is 0.225 e. The number of aliphatic hydroxyl groups is 1. The first-order valence-corrected chi connectivity index (χ1v) is 8.23. The summed E-state index contributed by atoms with van der Waals surface area (Å²) in [5, 5.41) is 24.4. The Kier molecular flexibility index (Phi) is 5.54. The zero-order chi connectivity index (χ0) is 19.2. The number of aromatic nitrogens is 3. The third-order valence-electron chi connectivity index (χ3n) is 3.74. The van der Waals surface area contributed by atoms with E-state index >= 15 is 0 Å². The number of halogens is 1. The second-order valence-electron chi connectivity index (χ2n) is 5.83. The number of nitriles is 1. The summed E-state index contributed by atoms with van der Waals surface area (Å²) in [4.78, 5) is 12.8. The molecule has 2 heterocycles. The summed E-state index contributed by atoms with van der Waals surface area (Å²) in [5.74, 6) is 0.0630. The van der Waals surface area contributed by atoms with Crippen LogP contribution in [0.3, 0.4) is 0 Å². The lowest BCUT2D eigenvalue weighted by Gasteiger charge is -2.14. The van der Waals surface area contributed by atoms with Gasteiger partial charge in [0.15, 0.2) is 0 Å². The zero-order valence-electron chi connectivity index (χ0n) is 14.5. The van der Waals surface area contributed by atoms with E-state index in [1.54, 1.807) is 43.6 Å². The number of pyridine rings is 1. The summed E-state index contributed by atoms with van der Waals surface area (Å²) in [7, 11) is 0. The molecular formula is C19H17FN6O. The Morgan fingerprint density at radius 3 is 2.70 bits per heavy atom. The summed E-state index contributed by atoms with van der Waals surface area (Å²) >= 11 is 0. The standard InChI is InChI=1S/C19H17FN6O/c1-12(11-27)23-19-25-17(13-5-7-22-8-6-13)9-18(26-19)24-16-4-2-3-15(20)14(16)10-21/h2-9,12,27H,11H2,1H3,(H2,23,24,25,26)/t12-/m0/s1. The predicted molar refractivity (Wildman–Crippen MR) is 99.8 cm³/mol. The van der Waals surface area contributed by atoms with Crippen molar-refractivity contribution in [1.82, 2.24) is 15.0 Å². The van der Waals surface area contributed by atoms with Crippen molar-refractivity contribution in [2.24, 2.45) is 0 Å². The van der Waals surface area contributed by atoms with Gasteiger partial charge in [-0.25, -0.2) is 9.37 Å². The van der Waals surface area contributed by atoms with E-state index in [4.69, 9.17) is 0 Å². The lowest BCUT2D eigenvalue weighted by molar-refractivity contribution is 0.281. The molecule has 0 radical (unpaired) electrons. The fraction of sp³-hybridized carbons (Fsp3) is 0.158. The van der Waals surface area contributed by atoms with Gasteiger partial charge >= 0.3 is 0 Å². The molecule has 0 aliphatic heterocycles. The summed E-state index contributed by atoms with van der Waals surface area (Å²) < 4.78 is 13.9. The van der Waals surface area contributed by atoms with Crippen molar-refractivity contribution in [3.8, 4) is 17.3 Å². The van der Waals surface area contributed by atoms with Gasteiger partial charge in [0.1, 0.15) is 23.3 Å². The van der Waals surface area contributed by atoms with Crippen molar-refractivity contribution in [1.29, 1.82) is 5.26 Å². The number of benzene rings is 1. The molecule has 3 N–H and O–H groups in total. The lowest BCUT2D eigenvalue weighted by atomic mass is 10.1. The molecule has 0 aliphatic carbocycles. The fourth-order valence-electron chi connectivity index (χ4n) is 2.39. The molecule has 8 heteroatoms. The van der Waals surface area contributed by atoms with E-state index < -0.39 is 5.82 Å². The highest BCUT2D eigenvalue weighted by Crippen LogP contribution is 2.26. The van der Waals surface area contributed by atoms with Gasteiger partial charge in [0.05, 0.1) is 18.0 Å². The number of hydrogen-bond donors (Lipinski definition) is 3.